The third kappa shape index (κ3) is 3.74. The maximum absolute atomic E-state index is 13.0. The number of nitrogens with zero attached hydrogens (tertiary/aromatic N) is 1. The van der Waals surface area contributed by atoms with Crippen molar-refractivity contribution in [2.24, 2.45) is 0 Å². The molecule has 0 aromatic heterocycles. The summed E-state index contributed by atoms with van der Waals surface area (Å²) >= 11 is 0. The number of Topliss-reactive ketones (excluding diaryl/α,β-unsaturated/α-hetero) is 1. The molecule has 2 unspecified atom stereocenters. The minimum absolute atomic E-state index is 0.0418. The van der Waals surface area contributed by atoms with Gasteiger partial charge in [-0.1, -0.05) is 13.8 Å². The molecule has 1 heterocycles. The van der Waals surface area contributed by atoms with E-state index in [2.05, 4.69) is 0 Å². The molecule has 2 atom stereocenters. The first kappa shape index (κ1) is 19.9. The van der Waals surface area contributed by atoms with E-state index >= 15 is 0 Å². The first-order chi connectivity index (χ1) is 12.1. The zero-order valence-corrected chi connectivity index (χ0v) is 16.3. The first-order valence-electron chi connectivity index (χ1n) is 9.02. The van der Waals surface area contributed by atoms with Gasteiger partial charge in [0, 0.05) is 12.0 Å². The molecule has 0 spiro atoms. The molecule has 0 fully saturated rings. The van der Waals surface area contributed by atoms with Gasteiger partial charge in [0.1, 0.15) is 11.8 Å². The van der Waals surface area contributed by atoms with E-state index < -0.39 is 17.6 Å². The van der Waals surface area contributed by atoms with E-state index in [9.17, 15) is 14.4 Å². The third-order valence-corrected chi connectivity index (χ3v) is 4.58. The molecule has 1 aliphatic heterocycles. The topological polar surface area (TPSA) is 72.9 Å². The number of rotatable bonds is 6. The molecule has 1 amide bonds. The molecule has 26 heavy (non-hydrogen) atoms. The molecule has 6 heteroatoms. The largest absolute Gasteiger partial charge is 0.476 e. The summed E-state index contributed by atoms with van der Waals surface area (Å²) in [6.45, 7) is 10.4. The van der Waals surface area contributed by atoms with Gasteiger partial charge in [0.15, 0.2) is 11.4 Å². The second-order valence-electron chi connectivity index (χ2n) is 7.08. The zero-order chi connectivity index (χ0) is 19.6. The summed E-state index contributed by atoms with van der Waals surface area (Å²) < 4.78 is 11.2. The average molecular weight is 361 g/mol. The molecule has 142 valence electrons. The number of ether oxygens (including phenoxy) is 2. The first-order valence-corrected chi connectivity index (χ1v) is 9.02. The Kier molecular flexibility index (Phi) is 5.74. The number of carbonyl (C=O) groups is 3. The van der Waals surface area contributed by atoms with E-state index in [0.29, 0.717) is 29.8 Å². The highest BCUT2D eigenvalue weighted by molar-refractivity contribution is 6.07. The van der Waals surface area contributed by atoms with E-state index in [1.54, 1.807) is 45.9 Å². The number of amides is 1. The van der Waals surface area contributed by atoms with E-state index in [1.807, 2.05) is 13.8 Å². The molecule has 1 aromatic carbocycles. The van der Waals surface area contributed by atoms with Crippen molar-refractivity contribution >= 4 is 23.3 Å². The number of fused-ring (bicyclic) bond motifs is 1. The van der Waals surface area contributed by atoms with Crippen LogP contribution in [-0.2, 0) is 14.3 Å². The van der Waals surface area contributed by atoms with E-state index in [1.165, 1.54) is 4.90 Å². The smallest absolute Gasteiger partial charge is 0.329 e. The van der Waals surface area contributed by atoms with Crippen molar-refractivity contribution < 1.29 is 23.9 Å². The molecule has 0 radical (unpaired) electrons. The number of carbonyl (C=O) groups excluding carboxylic acids is 3. The highest BCUT2D eigenvalue weighted by Crippen LogP contribution is 2.40. The zero-order valence-electron chi connectivity index (χ0n) is 16.3. The van der Waals surface area contributed by atoms with Gasteiger partial charge in [-0.2, -0.15) is 0 Å². The van der Waals surface area contributed by atoms with Crippen LogP contribution in [0.25, 0.3) is 0 Å². The van der Waals surface area contributed by atoms with Gasteiger partial charge in [-0.05, 0) is 52.3 Å². The summed E-state index contributed by atoms with van der Waals surface area (Å²) in [5.74, 6) is -0.409. The minimum Gasteiger partial charge on any atom is -0.476 e. The van der Waals surface area contributed by atoms with Gasteiger partial charge in [0.25, 0.3) is 5.91 Å². The summed E-state index contributed by atoms with van der Waals surface area (Å²) in [6.07, 6.45) is 0.804. The lowest BCUT2D eigenvalue weighted by atomic mass is 9.99. The molecule has 1 aromatic rings. The van der Waals surface area contributed by atoms with Crippen LogP contribution in [0.2, 0.25) is 0 Å². The predicted molar refractivity (Wildman–Crippen MR) is 98.6 cm³/mol. The third-order valence-electron chi connectivity index (χ3n) is 4.58. The highest BCUT2D eigenvalue weighted by atomic mass is 16.5. The van der Waals surface area contributed by atoms with Gasteiger partial charge in [-0.25, -0.2) is 4.79 Å². The lowest BCUT2D eigenvalue weighted by molar-refractivity contribution is -0.151. The molecule has 2 rings (SSSR count). The highest BCUT2D eigenvalue weighted by Gasteiger charge is 2.45. The Morgan fingerprint density at radius 1 is 1.23 bits per heavy atom. The second-order valence-corrected chi connectivity index (χ2v) is 7.08. The van der Waals surface area contributed by atoms with E-state index in [-0.39, 0.29) is 17.8 Å². The van der Waals surface area contributed by atoms with E-state index in [0.717, 1.165) is 0 Å². The van der Waals surface area contributed by atoms with Crippen LogP contribution in [0, 0.1) is 0 Å². The maximum Gasteiger partial charge on any atom is 0.329 e. The molecule has 0 N–H and O–H groups in total. The Morgan fingerprint density at radius 3 is 2.46 bits per heavy atom. The summed E-state index contributed by atoms with van der Waals surface area (Å²) in [5.41, 5.74) is -0.217. The van der Waals surface area contributed by atoms with Crippen LogP contribution in [0.5, 0.6) is 5.75 Å². The van der Waals surface area contributed by atoms with Gasteiger partial charge < -0.3 is 9.47 Å². The standard InChI is InChI=1S/C20H27NO5/c1-7-12(3)25-18(23)13(4)21-15-11-14(16(22)8-2)9-10-17(15)26-20(5,6)19(21)24/h9-13H,7-8H2,1-6H3. The van der Waals surface area contributed by atoms with Crippen LogP contribution in [0.3, 0.4) is 0 Å². The molecule has 0 saturated carbocycles. The number of hydrogen-bond acceptors (Lipinski definition) is 5. The van der Waals surface area contributed by atoms with Gasteiger partial charge in [-0.15, -0.1) is 0 Å². The quantitative estimate of drug-likeness (QED) is 0.573. The Balaban J connectivity index is 2.48. The van der Waals surface area contributed by atoms with Crippen molar-refractivity contribution in [3.63, 3.8) is 0 Å². The lowest BCUT2D eigenvalue weighted by Gasteiger charge is -2.41. The number of esters is 1. The molecule has 0 saturated heterocycles. The Hall–Kier alpha value is -2.37. The summed E-state index contributed by atoms with van der Waals surface area (Å²) in [7, 11) is 0. The SMILES string of the molecule is CCC(=O)c1ccc2c(c1)N(C(C)C(=O)OC(C)CC)C(=O)C(C)(C)O2. The molecule has 6 nitrogen and oxygen atoms in total. The molecular weight excluding hydrogens is 334 g/mol. The van der Waals surface area contributed by atoms with Crippen molar-refractivity contribution in [1.29, 1.82) is 0 Å². The van der Waals surface area contributed by atoms with Crippen molar-refractivity contribution in [3.05, 3.63) is 23.8 Å². The van der Waals surface area contributed by atoms with Gasteiger partial charge >= 0.3 is 5.97 Å². The maximum atomic E-state index is 13.0. The van der Waals surface area contributed by atoms with Crippen molar-refractivity contribution in [2.75, 3.05) is 4.90 Å². The average Bonchev–Trinajstić information content (AvgIpc) is 2.60. The Labute approximate surface area is 154 Å². The molecule has 0 aliphatic carbocycles. The molecule has 1 aliphatic rings. The number of hydrogen-bond donors (Lipinski definition) is 0. The van der Waals surface area contributed by atoms with Crippen molar-refractivity contribution in [2.45, 2.75) is 72.1 Å². The normalized spacial score (nSPS) is 17.8. The summed E-state index contributed by atoms with van der Waals surface area (Å²) in [6, 6.07) is 4.13. The Bertz CT molecular complexity index is 725. The number of ketones is 1. The number of benzene rings is 1. The fourth-order valence-electron chi connectivity index (χ4n) is 2.76. The lowest BCUT2D eigenvalue weighted by Crippen LogP contribution is -2.57. The van der Waals surface area contributed by atoms with E-state index in [4.69, 9.17) is 9.47 Å². The fraction of sp³-hybridized carbons (Fsp3) is 0.550. The predicted octanol–water partition coefficient (Wildman–Crippen LogP) is 3.51. The van der Waals surface area contributed by atoms with Crippen LogP contribution in [0.4, 0.5) is 5.69 Å². The minimum atomic E-state index is -1.12. The van der Waals surface area contributed by atoms with Gasteiger partial charge in [0.05, 0.1) is 11.8 Å². The van der Waals surface area contributed by atoms with Crippen LogP contribution < -0.4 is 9.64 Å². The molecule has 0 bridgehead atoms. The second kappa shape index (κ2) is 7.48. The summed E-state index contributed by atoms with van der Waals surface area (Å²) in [5, 5.41) is 0. The van der Waals surface area contributed by atoms with Crippen LogP contribution in [0.15, 0.2) is 18.2 Å². The van der Waals surface area contributed by atoms with Crippen molar-refractivity contribution in [1.82, 2.24) is 0 Å². The number of anilines is 1. The van der Waals surface area contributed by atoms with Crippen LogP contribution in [-0.4, -0.2) is 35.4 Å². The van der Waals surface area contributed by atoms with Gasteiger partial charge in [-0.3, -0.25) is 14.5 Å². The monoisotopic (exact) mass is 361 g/mol. The van der Waals surface area contributed by atoms with Crippen LogP contribution in [0.1, 0.15) is 64.7 Å². The fourth-order valence-corrected chi connectivity index (χ4v) is 2.76. The van der Waals surface area contributed by atoms with Crippen LogP contribution >= 0.6 is 0 Å². The Morgan fingerprint density at radius 2 is 1.88 bits per heavy atom. The van der Waals surface area contributed by atoms with Gasteiger partial charge in [0.2, 0.25) is 0 Å². The summed E-state index contributed by atoms with van der Waals surface area (Å²) in [4.78, 5) is 39.0. The van der Waals surface area contributed by atoms with Crippen molar-refractivity contribution in [3.8, 4) is 5.75 Å². The molecular formula is C20H27NO5.